The third kappa shape index (κ3) is 6.19. The highest BCUT2D eigenvalue weighted by Gasteiger charge is 2.30. The van der Waals surface area contributed by atoms with Crippen molar-refractivity contribution < 1.29 is 9.59 Å². The topological polar surface area (TPSA) is 49.4 Å². The standard InChI is InChI=1S/C26H27ClN2O2/c1-19-12-14-21(15-13-19)18-29(25(30)17-22-10-6-7-11-23(22)27)24(26(31)28-2)16-20-8-4-3-5-9-20/h3-15,24H,16-18H2,1-2H3,(H,28,31). The second kappa shape index (κ2) is 10.8. The van der Waals surface area contributed by atoms with Crippen LogP contribution in [0.25, 0.3) is 0 Å². The molecule has 0 radical (unpaired) electrons. The monoisotopic (exact) mass is 434 g/mol. The van der Waals surface area contributed by atoms with E-state index in [9.17, 15) is 9.59 Å². The first-order valence-electron chi connectivity index (χ1n) is 10.3. The van der Waals surface area contributed by atoms with Crippen LogP contribution in [0.5, 0.6) is 0 Å². The fourth-order valence-corrected chi connectivity index (χ4v) is 3.72. The van der Waals surface area contributed by atoms with Gasteiger partial charge in [-0.1, -0.05) is 90.0 Å². The molecule has 4 nitrogen and oxygen atoms in total. The quantitative estimate of drug-likeness (QED) is 0.564. The summed E-state index contributed by atoms with van der Waals surface area (Å²) >= 11 is 6.30. The third-order valence-electron chi connectivity index (χ3n) is 5.29. The highest BCUT2D eigenvalue weighted by molar-refractivity contribution is 6.31. The molecule has 0 saturated carbocycles. The van der Waals surface area contributed by atoms with Crippen LogP contribution in [0.15, 0.2) is 78.9 Å². The van der Waals surface area contributed by atoms with Crippen LogP contribution < -0.4 is 5.32 Å². The number of carbonyl (C=O) groups is 2. The van der Waals surface area contributed by atoms with E-state index < -0.39 is 6.04 Å². The van der Waals surface area contributed by atoms with Crippen LogP contribution in [-0.4, -0.2) is 29.8 Å². The Bertz CT molecular complexity index is 1020. The van der Waals surface area contributed by atoms with Crippen molar-refractivity contribution in [1.29, 1.82) is 0 Å². The van der Waals surface area contributed by atoms with Gasteiger partial charge in [0, 0.05) is 25.0 Å². The number of carbonyl (C=O) groups excluding carboxylic acids is 2. The molecule has 1 atom stereocenters. The Kier molecular flexibility index (Phi) is 7.85. The highest BCUT2D eigenvalue weighted by atomic mass is 35.5. The van der Waals surface area contributed by atoms with Crippen LogP contribution in [0, 0.1) is 6.92 Å². The van der Waals surface area contributed by atoms with E-state index in [4.69, 9.17) is 11.6 Å². The van der Waals surface area contributed by atoms with Crippen molar-refractivity contribution in [2.75, 3.05) is 7.05 Å². The van der Waals surface area contributed by atoms with E-state index in [0.29, 0.717) is 18.0 Å². The lowest BCUT2D eigenvalue weighted by Gasteiger charge is -2.31. The molecule has 1 N–H and O–H groups in total. The lowest BCUT2D eigenvalue weighted by Crippen LogP contribution is -2.50. The number of aryl methyl sites for hydroxylation is 1. The summed E-state index contributed by atoms with van der Waals surface area (Å²) in [6.07, 6.45) is 0.564. The molecule has 0 aliphatic carbocycles. The molecule has 0 aromatic heterocycles. The van der Waals surface area contributed by atoms with E-state index in [1.807, 2.05) is 79.7 Å². The molecular weight excluding hydrogens is 408 g/mol. The normalized spacial score (nSPS) is 11.6. The van der Waals surface area contributed by atoms with Crippen molar-refractivity contribution in [1.82, 2.24) is 10.2 Å². The highest BCUT2D eigenvalue weighted by Crippen LogP contribution is 2.20. The maximum absolute atomic E-state index is 13.5. The van der Waals surface area contributed by atoms with Crippen LogP contribution in [0.2, 0.25) is 5.02 Å². The Hall–Kier alpha value is -3.11. The summed E-state index contributed by atoms with van der Waals surface area (Å²) in [5.74, 6) is -0.332. The summed E-state index contributed by atoms with van der Waals surface area (Å²) in [7, 11) is 1.60. The fraction of sp³-hybridized carbons (Fsp3) is 0.231. The van der Waals surface area contributed by atoms with Crippen molar-refractivity contribution >= 4 is 23.4 Å². The van der Waals surface area contributed by atoms with E-state index in [-0.39, 0.29) is 18.2 Å². The van der Waals surface area contributed by atoms with Gasteiger partial charge in [0.15, 0.2) is 0 Å². The molecule has 0 aliphatic rings. The Morgan fingerprint density at radius 1 is 0.903 bits per heavy atom. The van der Waals surface area contributed by atoms with Crippen LogP contribution >= 0.6 is 11.6 Å². The van der Waals surface area contributed by atoms with Crippen molar-refractivity contribution in [2.24, 2.45) is 0 Å². The van der Waals surface area contributed by atoms with Crippen molar-refractivity contribution in [3.63, 3.8) is 0 Å². The van der Waals surface area contributed by atoms with E-state index in [2.05, 4.69) is 5.32 Å². The van der Waals surface area contributed by atoms with Gasteiger partial charge in [0.05, 0.1) is 6.42 Å². The molecule has 1 unspecified atom stereocenters. The molecule has 2 amide bonds. The number of rotatable bonds is 8. The van der Waals surface area contributed by atoms with E-state index in [1.165, 1.54) is 0 Å². The van der Waals surface area contributed by atoms with Gasteiger partial charge in [-0.15, -0.1) is 0 Å². The van der Waals surface area contributed by atoms with Gasteiger partial charge in [0.1, 0.15) is 6.04 Å². The minimum Gasteiger partial charge on any atom is -0.357 e. The molecular formula is C26H27ClN2O2. The van der Waals surface area contributed by atoms with Gasteiger partial charge in [0.25, 0.3) is 0 Å². The number of nitrogens with one attached hydrogen (secondary N) is 1. The van der Waals surface area contributed by atoms with E-state index in [1.54, 1.807) is 18.0 Å². The average molecular weight is 435 g/mol. The first kappa shape index (κ1) is 22.6. The average Bonchev–Trinajstić information content (AvgIpc) is 2.79. The summed E-state index contributed by atoms with van der Waals surface area (Å²) in [5, 5.41) is 3.28. The smallest absolute Gasteiger partial charge is 0.242 e. The number of benzene rings is 3. The van der Waals surface area contributed by atoms with Gasteiger partial charge in [-0.25, -0.2) is 0 Å². The molecule has 0 heterocycles. The van der Waals surface area contributed by atoms with Crippen molar-refractivity contribution in [3.8, 4) is 0 Å². The predicted octanol–water partition coefficient (Wildman–Crippen LogP) is 4.58. The maximum Gasteiger partial charge on any atom is 0.242 e. The summed E-state index contributed by atoms with van der Waals surface area (Å²) in [4.78, 5) is 28.0. The fourth-order valence-electron chi connectivity index (χ4n) is 3.52. The minimum absolute atomic E-state index is 0.133. The molecule has 31 heavy (non-hydrogen) atoms. The molecule has 0 saturated heterocycles. The molecule has 5 heteroatoms. The summed E-state index contributed by atoms with van der Waals surface area (Å²) in [6.45, 7) is 2.36. The molecule has 0 aliphatic heterocycles. The molecule has 160 valence electrons. The van der Waals surface area contributed by atoms with Crippen LogP contribution in [0.3, 0.4) is 0 Å². The Labute approximate surface area is 188 Å². The number of amides is 2. The molecule has 3 aromatic rings. The second-order valence-corrected chi connectivity index (χ2v) is 8.00. The Morgan fingerprint density at radius 3 is 2.19 bits per heavy atom. The van der Waals surface area contributed by atoms with Crippen molar-refractivity contribution in [3.05, 3.63) is 106 Å². The lowest BCUT2D eigenvalue weighted by atomic mass is 10.0. The van der Waals surface area contributed by atoms with E-state index in [0.717, 1.165) is 22.3 Å². The Balaban J connectivity index is 1.94. The minimum atomic E-state index is -0.635. The van der Waals surface area contributed by atoms with Gasteiger partial charge in [-0.05, 0) is 29.7 Å². The van der Waals surface area contributed by atoms with Gasteiger partial charge in [0.2, 0.25) is 11.8 Å². The lowest BCUT2D eigenvalue weighted by molar-refractivity contribution is -0.140. The summed E-state index contributed by atoms with van der Waals surface area (Å²) < 4.78 is 0. The first-order chi connectivity index (χ1) is 15.0. The maximum atomic E-state index is 13.5. The van der Waals surface area contributed by atoms with Crippen LogP contribution in [0.4, 0.5) is 0 Å². The molecule has 3 rings (SSSR count). The summed E-state index contributed by atoms with van der Waals surface area (Å²) in [5.41, 5.74) is 3.86. The number of halogens is 1. The SMILES string of the molecule is CNC(=O)C(Cc1ccccc1)N(Cc1ccc(C)cc1)C(=O)Cc1ccccc1Cl. The van der Waals surface area contributed by atoms with Crippen LogP contribution in [0.1, 0.15) is 22.3 Å². The predicted molar refractivity (Wildman–Crippen MR) is 125 cm³/mol. The zero-order chi connectivity index (χ0) is 22.2. The zero-order valence-electron chi connectivity index (χ0n) is 17.8. The van der Waals surface area contributed by atoms with E-state index >= 15 is 0 Å². The molecule has 0 bridgehead atoms. The molecule has 0 fully saturated rings. The first-order valence-corrected chi connectivity index (χ1v) is 10.7. The van der Waals surface area contributed by atoms with Gasteiger partial charge < -0.3 is 10.2 Å². The number of nitrogens with zero attached hydrogens (tertiary/aromatic N) is 1. The second-order valence-electron chi connectivity index (χ2n) is 7.60. The number of hydrogen-bond donors (Lipinski definition) is 1. The van der Waals surface area contributed by atoms with Gasteiger partial charge in [-0.2, -0.15) is 0 Å². The van der Waals surface area contributed by atoms with Crippen LogP contribution in [-0.2, 0) is 29.0 Å². The molecule has 3 aromatic carbocycles. The largest absolute Gasteiger partial charge is 0.357 e. The Morgan fingerprint density at radius 2 is 1.55 bits per heavy atom. The zero-order valence-corrected chi connectivity index (χ0v) is 18.6. The van der Waals surface area contributed by atoms with Gasteiger partial charge in [-0.3, -0.25) is 9.59 Å². The van der Waals surface area contributed by atoms with Gasteiger partial charge >= 0.3 is 0 Å². The van der Waals surface area contributed by atoms with Crippen molar-refractivity contribution in [2.45, 2.75) is 32.4 Å². The number of likely N-dealkylation sites (N-methyl/N-ethyl adjacent to an activating group) is 1. The number of hydrogen-bond acceptors (Lipinski definition) is 2. The third-order valence-corrected chi connectivity index (χ3v) is 5.66. The molecule has 0 spiro atoms. The summed E-state index contributed by atoms with van der Waals surface area (Å²) in [6, 6.07) is 24.4.